The minimum Gasteiger partial charge on any atom is -0.465 e. The molecule has 1 aromatic heterocycles. The number of nitrogens with zero attached hydrogens (tertiary/aromatic N) is 3. The highest BCUT2D eigenvalue weighted by atomic mass is 16.4. The monoisotopic (exact) mass is 271 g/mol. The third-order valence-corrected chi connectivity index (χ3v) is 3.51. The van der Waals surface area contributed by atoms with Gasteiger partial charge in [0.25, 0.3) is 0 Å². The second-order valence-corrected chi connectivity index (χ2v) is 6.05. The van der Waals surface area contributed by atoms with Crippen LogP contribution >= 0.6 is 0 Å². The summed E-state index contributed by atoms with van der Waals surface area (Å²) in [5.74, 6) is 0.612. The Balaban J connectivity index is 2.23. The van der Waals surface area contributed by atoms with Crippen molar-refractivity contribution in [3.63, 3.8) is 0 Å². The van der Waals surface area contributed by atoms with Gasteiger partial charge in [0.1, 0.15) is 5.82 Å². The van der Waals surface area contributed by atoms with Crippen molar-refractivity contribution < 1.29 is 9.90 Å². The zero-order valence-electron chi connectivity index (χ0n) is 11.8. The lowest BCUT2D eigenvalue weighted by Gasteiger charge is -2.26. The molecule has 104 valence electrons. The first-order valence-corrected chi connectivity index (χ1v) is 6.57. The molecule has 2 heterocycles. The molecule has 0 radical (unpaired) electrons. The molecular formula is C15H17N3O2. The molecule has 0 aliphatic carbocycles. The predicted octanol–water partition coefficient (Wildman–Crippen LogP) is 3.17. The normalized spacial score (nSPS) is 13.8. The molecule has 0 atom stereocenters. The Labute approximate surface area is 117 Å². The standard InChI is InChI=1S/C15H17N3O2/c1-15(2,3)12-8-13-17(14(19)20)9-10-6-4-5-7-11(10)18(13)16-12/h4-8H,9H2,1-3H3,(H,19,20). The van der Waals surface area contributed by atoms with E-state index < -0.39 is 6.09 Å². The van der Waals surface area contributed by atoms with E-state index in [9.17, 15) is 9.90 Å². The number of carboxylic acid groups (broad SMARTS) is 1. The molecule has 3 rings (SSSR count). The van der Waals surface area contributed by atoms with Gasteiger partial charge in [-0.2, -0.15) is 5.10 Å². The summed E-state index contributed by atoms with van der Waals surface area (Å²) in [6.07, 6.45) is -0.957. The summed E-state index contributed by atoms with van der Waals surface area (Å²) in [7, 11) is 0. The third kappa shape index (κ3) is 1.86. The van der Waals surface area contributed by atoms with Crippen molar-refractivity contribution in [3.8, 4) is 5.69 Å². The van der Waals surface area contributed by atoms with Crippen LogP contribution in [-0.4, -0.2) is 21.0 Å². The SMILES string of the molecule is CC(C)(C)c1cc2n(n1)-c1ccccc1CN2C(=O)O. The van der Waals surface area contributed by atoms with Gasteiger partial charge in [-0.25, -0.2) is 9.48 Å². The van der Waals surface area contributed by atoms with Crippen molar-refractivity contribution in [2.75, 3.05) is 4.90 Å². The summed E-state index contributed by atoms with van der Waals surface area (Å²) in [5, 5.41) is 14.0. The Morgan fingerprint density at radius 1 is 1.30 bits per heavy atom. The van der Waals surface area contributed by atoms with Gasteiger partial charge in [0.05, 0.1) is 17.9 Å². The molecular weight excluding hydrogens is 254 g/mol. The van der Waals surface area contributed by atoms with E-state index in [-0.39, 0.29) is 5.41 Å². The lowest BCUT2D eigenvalue weighted by atomic mass is 9.92. The maximum atomic E-state index is 11.5. The molecule has 0 spiro atoms. The van der Waals surface area contributed by atoms with E-state index in [0.29, 0.717) is 12.4 Å². The first kappa shape index (κ1) is 12.7. The van der Waals surface area contributed by atoms with E-state index in [4.69, 9.17) is 0 Å². The van der Waals surface area contributed by atoms with E-state index in [2.05, 4.69) is 25.9 Å². The van der Waals surface area contributed by atoms with Gasteiger partial charge in [-0.3, -0.25) is 4.90 Å². The van der Waals surface area contributed by atoms with Crippen molar-refractivity contribution in [3.05, 3.63) is 41.6 Å². The molecule has 0 unspecified atom stereocenters. The van der Waals surface area contributed by atoms with Crippen molar-refractivity contribution in [1.82, 2.24) is 9.78 Å². The van der Waals surface area contributed by atoms with Crippen LogP contribution in [0.1, 0.15) is 32.0 Å². The largest absolute Gasteiger partial charge is 0.465 e. The van der Waals surface area contributed by atoms with Gasteiger partial charge < -0.3 is 5.11 Å². The highest BCUT2D eigenvalue weighted by Gasteiger charge is 2.30. The summed E-state index contributed by atoms with van der Waals surface area (Å²) in [6.45, 7) is 6.57. The van der Waals surface area contributed by atoms with Crippen molar-refractivity contribution in [2.24, 2.45) is 0 Å². The molecule has 0 saturated carbocycles. The van der Waals surface area contributed by atoms with Gasteiger partial charge in [0.15, 0.2) is 0 Å². The van der Waals surface area contributed by atoms with Crippen LogP contribution in [0.4, 0.5) is 10.6 Å². The fraction of sp³-hybridized carbons (Fsp3) is 0.333. The van der Waals surface area contributed by atoms with Crippen molar-refractivity contribution in [1.29, 1.82) is 0 Å². The first-order chi connectivity index (χ1) is 9.38. The van der Waals surface area contributed by atoms with Gasteiger partial charge >= 0.3 is 6.09 Å². The van der Waals surface area contributed by atoms with Crippen LogP contribution in [0.3, 0.4) is 0 Å². The summed E-state index contributed by atoms with van der Waals surface area (Å²) in [4.78, 5) is 12.8. The van der Waals surface area contributed by atoms with Crippen LogP contribution < -0.4 is 4.90 Å². The fourth-order valence-electron chi connectivity index (χ4n) is 2.38. The molecule has 1 aliphatic heterocycles. The van der Waals surface area contributed by atoms with Crippen LogP contribution in [-0.2, 0) is 12.0 Å². The molecule has 1 N–H and O–H groups in total. The zero-order valence-corrected chi connectivity index (χ0v) is 11.8. The molecule has 0 saturated heterocycles. The van der Waals surface area contributed by atoms with Gasteiger partial charge in [0, 0.05) is 11.5 Å². The number of hydrogen-bond acceptors (Lipinski definition) is 2. The lowest BCUT2D eigenvalue weighted by Crippen LogP contribution is -2.34. The Bertz CT molecular complexity index is 683. The van der Waals surface area contributed by atoms with Crippen LogP contribution in [0.15, 0.2) is 30.3 Å². The topological polar surface area (TPSA) is 58.4 Å². The second kappa shape index (κ2) is 4.10. The number of para-hydroxylation sites is 1. The number of aromatic nitrogens is 2. The van der Waals surface area contributed by atoms with Crippen LogP contribution in [0.25, 0.3) is 5.69 Å². The van der Waals surface area contributed by atoms with E-state index >= 15 is 0 Å². The maximum absolute atomic E-state index is 11.5. The number of rotatable bonds is 0. The number of carbonyl (C=O) groups is 1. The molecule has 0 fully saturated rings. The van der Waals surface area contributed by atoms with Gasteiger partial charge in [-0.05, 0) is 11.6 Å². The lowest BCUT2D eigenvalue weighted by molar-refractivity contribution is 0.201. The fourth-order valence-corrected chi connectivity index (χ4v) is 2.38. The minimum absolute atomic E-state index is 0.122. The molecule has 1 aliphatic rings. The van der Waals surface area contributed by atoms with Gasteiger partial charge in [-0.15, -0.1) is 0 Å². The second-order valence-electron chi connectivity index (χ2n) is 6.05. The van der Waals surface area contributed by atoms with E-state index in [1.807, 2.05) is 30.3 Å². The highest BCUT2D eigenvalue weighted by Crippen LogP contribution is 2.33. The van der Waals surface area contributed by atoms with Crippen LogP contribution in [0.2, 0.25) is 0 Å². The molecule has 5 heteroatoms. The Morgan fingerprint density at radius 2 is 2.00 bits per heavy atom. The van der Waals surface area contributed by atoms with Gasteiger partial charge in [0.2, 0.25) is 0 Å². The smallest absolute Gasteiger partial charge is 0.413 e. The Hall–Kier alpha value is -2.30. The quantitative estimate of drug-likeness (QED) is 0.800. The van der Waals surface area contributed by atoms with E-state index in [1.54, 1.807) is 4.68 Å². The summed E-state index contributed by atoms with van der Waals surface area (Å²) >= 11 is 0. The minimum atomic E-state index is -0.957. The summed E-state index contributed by atoms with van der Waals surface area (Å²) < 4.78 is 1.73. The third-order valence-electron chi connectivity index (χ3n) is 3.51. The van der Waals surface area contributed by atoms with Crippen LogP contribution in [0, 0.1) is 0 Å². The van der Waals surface area contributed by atoms with Crippen molar-refractivity contribution in [2.45, 2.75) is 32.7 Å². The average molecular weight is 271 g/mol. The van der Waals surface area contributed by atoms with E-state index in [0.717, 1.165) is 16.9 Å². The predicted molar refractivity (Wildman–Crippen MR) is 76.5 cm³/mol. The Kier molecular flexibility index (Phi) is 2.61. The van der Waals surface area contributed by atoms with Crippen LogP contribution in [0.5, 0.6) is 0 Å². The van der Waals surface area contributed by atoms with Gasteiger partial charge in [-0.1, -0.05) is 39.0 Å². The molecule has 5 nitrogen and oxygen atoms in total. The molecule has 0 bridgehead atoms. The maximum Gasteiger partial charge on any atom is 0.413 e. The molecule has 2 aromatic rings. The van der Waals surface area contributed by atoms with Crippen molar-refractivity contribution >= 4 is 11.9 Å². The average Bonchev–Trinajstić information content (AvgIpc) is 2.82. The van der Waals surface area contributed by atoms with E-state index in [1.165, 1.54) is 4.90 Å². The highest BCUT2D eigenvalue weighted by molar-refractivity contribution is 5.86. The Morgan fingerprint density at radius 3 is 2.65 bits per heavy atom. The number of benzene rings is 1. The number of fused-ring (bicyclic) bond motifs is 3. The first-order valence-electron chi connectivity index (χ1n) is 6.57. The summed E-state index contributed by atoms with van der Waals surface area (Å²) in [6, 6.07) is 9.63. The molecule has 20 heavy (non-hydrogen) atoms. The molecule has 1 aromatic carbocycles. The number of anilines is 1. The summed E-state index contributed by atoms with van der Waals surface area (Å²) in [5.41, 5.74) is 2.68. The molecule has 1 amide bonds. The number of hydrogen-bond donors (Lipinski definition) is 1. The zero-order chi connectivity index (χ0) is 14.5. The number of amides is 1.